The average molecular weight is 270 g/mol. The summed E-state index contributed by atoms with van der Waals surface area (Å²) >= 11 is 0. The predicted octanol–water partition coefficient (Wildman–Crippen LogP) is 3.44. The summed E-state index contributed by atoms with van der Waals surface area (Å²) in [4.78, 5) is 4.75. The van der Waals surface area contributed by atoms with Gasteiger partial charge in [-0.05, 0) is 45.6 Å². The van der Waals surface area contributed by atoms with E-state index < -0.39 is 0 Å². The molecule has 1 aliphatic carbocycles. The quantitative estimate of drug-likeness (QED) is 0.854. The van der Waals surface area contributed by atoms with E-state index in [1.807, 2.05) is 0 Å². The van der Waals surface area contributed by atoms with Crippen molar-refractivity contribution in [1.29, 1.82) is 0 Å². The van der Waals surface area contributed by atoms with Crippen LogP contribution in [-0.2, 0) is 19.4 Å². The van der Waals surface area contributed by atoms with Crippen LogP contribution in [0, 0.1) is 13.8 Å². The molecule has 0 N–H and O–H groups in total. The van der Waals surface area contributed by atoms with Gasteiger partial charge in [-0.25, -0.2) is 4.98 Å². The molecule has 0 radical (unpaired) electrons. The normalized spacial score (nSPS) is 14.2. The Morgan fingerprint density at radius 3 is 2.80 bits per heavy atom. The van der Waals surface area contributed by atoms with Crippen LogP contribution in [0.3, 0.4) is 0 Å². The van der Waals surface area contributed by atoms with Gasteiger partial charge in [-0.2, -0.15) is 0 Å². The molecule has 1 aromatic heterocycles. The SMILES string of the molecule is COc1ccc(C)cc1Cn1c(C)nc2c1CCCC2. The van der Waals surface area contributed by atoms with Crippen LogP contribution in [0.25, 0.3) is 0 Å². The van der Waals surface area contributed by atoms with Gasteiger partial charge >= 0.3 is 0 Å². The van der Waals surface area contributed by atoms with Gasteiger partial charge in [0.15, 0.2) is 0 Å². The first-order valence-electron chi connectivity index (χ1n) is 7.37. The van der Waals surface area contributed by atoms with Crippen LogP contribution in [0.15, 0.2) is 18.2 Å². The van der Waals surface area contributed by atoms with Crippen molar-refractivity contribution in [1.82, 2.24) is 9.55 Å². The second-order valence-electron chi connectivity index (χ2n) is 5.66. The molecule has 0 saturated heterocycles. The molecule has 0 amide bonds. The van der Waals surface area contributed by atoms with E-state index in [4.69, 9.17) is 9.72 Å². The van der Waals surface area contributed by atoms with E-state index in [1.165, 1.54) is 35.4 Å². The summed E-state index contributed by atoms with van der Waals surface area (Å²) in [6.07, 6.45) is 4.85. The average Bonchev–Trinajstić information content (AvgIpc) is 2.76. The first-order valence-corrected chi connectivity index (χ1v) is 7.37. The van der Waals surface area contributed by atoms with Gasteiger partial charge in [0, 0.05) is 11.3 Å². The highest BCUT2D eigenvalue weighted by molar-refractivity contribution is 5.37. The number of imidazole rings is 1. The molecular weight excluding hydrogens is 248 g/mol. The summed E-state index contributed by atoms with van der Waals surface area (Å²) in [6.45, 7) is 5.10. The van der Waals surface area contributed by atoms with E-state index in [9.17, 15) is 0 Å². The van der Waals surface area contributed by atoms with Crippen molar-refractivity contribution in [3.63, 3.8) is 0 Å². The van der Waals surface area contributed by atoms with Crippen LogP contribution in [0.2, 0.25) is 0 Å². The fourth-order valence-electron chi connectivity index (χ4n) is 3.15. The first kappa shape index (κ1) is 13.2. The molecule has 2 aromatic rings. The van der Waals surface area contributed by atoms with Crippen LogP contribution < -0.4 is 4.74 Å². The lowest BCUT2D eigenvalue weighted by molar-refractivity contribution is 0.407. The highest BCUT2D eigenvalue weighted by atomic mass is 16.5. The fraction of sp³-hybridized carbons (Fsp3) is 0.471. The molecule has 0 atom stereocenters. The first-order chi connectivity index (χ1) is 9.69. The minimum Gasteiger partial charge on any atom is -0.496 e. The Bertz CT molecular complexity index is 628. The Labute approximate surface area is 120 Å². The smallest absolute Gasteiger partial charge is 0.123 e. The van der Waals surface area contributed by atoms with E-state index in [1.54, 1.807) is 7.11 Å². The molecule has 0 unspecified atom stereocenters. The molecule has 1 aliphatic rings. The molecule has 3 heteroatoms. The molecule has 20 heavy (non-hydrogen) atoms. The molecule has 0 saturated carbocycles. The highest BCUT2D eigenvalue weighted by Crippen LogP contribution is 2.26. The number of hydrogen-bond donors (Lipinski definition) is 0. The van der Waals surface area contributed by atoms with E-state index in [0.717, 1.165) is 31.0 Å². The number of nitrogens with zero attached hydrogens (tertiary/aromatic N) is 2. The summed E-state index contributed by atoms with van der Waals surface area (Å²) in [5.41, 5.74) is 5.24. The molecule has 0 fully saturated rings. The monoisotopic (exact) mass is 270 g/mol. The summed E-state index contributed by atoms with van der Waals surface area (Å²) in [6, 6.07) is 6.37. The van der Waals surface area contributed by atoms with Crippen molar-refractivity contribution in [3.8, 4) is 5.75 Å². The summed E-state index contributed by atoms with van der Waals surface area (Å²) in [5, 5.41) is 0. The Kier molecular flexibility index (Phi) is 3.51. The number of methoxy groups -OCH3 is 1. The number of benzene rings is 1. The summed E-state index contributed by atoms with van der Waals surface area (Å²) < 4.78 is 7.87. The van der Waals surface area contributed by atoms with Crippen molar-refractivity contribution >= 4 is 0 Å². The third kappa shape index (κ3) is 2.33. The second kappa shape index (κ2) is 5.31. The number of fused-ring (bicyclic) bond motifs is 1. The lowest BCUT2D eigenvalue weighted by Crippen LogP contribution is -2.11. The Morgan fingerprint density at radius 2 is 2.00 bits per heavy atom. The molecule has 0 spiro atoms. The maximum Gasteiger partial charge on any atom is 0.123 e. The van der Waals surface area contributed by atoms with Gasteiger partial charge in [0.05, 0.1) is 19.3 Å². The van der Waals surface area contributed by atoms with Gasteiger partial charge in [0.1, 0.15) is 11.6 Å². The van der Waals surface area contributed by atoms with Crippen molar-refractivity contribution in [2.45, 2.75) is 46.1 Å². The molecule has 106 valence electrons. The van der Waals surface area contributed by atoms with E-state index in [2.05, 4.69) is 36.6 Å². The minimum absolute atomic E-state index is 0.860. The van der Waals surface area contributed by atoms with Gasteiger partial charge in [-0.15, -0.1) is 0 Å². The van der Waals surface area contributed by atoms with Crippen molar-refractivity contribution in [2.24, 2.45) is 0 Å². The van der Waals surface area contributed by atoms with Crippen molar-refractivity contribution < 1.29 is 4.74 Å². The third-order valence-electron chi connectivity index (χ3n) is 4.19. The summed E-state index contributed by atoms with van der Waals surface area (Å²) in [7, 11) is 1.74. The zero-order valence-corrected chi connectivity index (χ0v) is 12.6. The molecule has 0 bridgehead atoms. The van der Waals surface area contributed by atoms with Crippen LogP contribution in [0.1, 0.15) is 41.2 Å². The number of aryl methyl sites for hydroxylation is 3. The number of aromatic nitrogens is 2. The molecule has 3 rings (SSSR count). The predicted molar refractivity (Wildman–Crippen MR) is 80.4 cm³/mol. The maximum absolute atomic E-state index is 5.50. The third-order valence-corrected chi connectivity index (χ3v) is 4.19. The topological polar surface area (TPSA) is 27.1 Å². The van der Waals surface area contributed by atoms with Gasteiger partial charge in [0.25, 0.3) is 0 Å². The number of rotatable bonds is 3. The lowest BCUT2D eigenvalue weighted by atomic mass is 10.0. The highest BCUT2D eigenvalue weighted by Gasteiger charge is 2.18. The number of hydrogen-bond acceptors (Lipinski definition) is 2. The molecule has 3 nitrogen and oxygen atoms in total. The zero-order valence-electron chi connectivity index (χ0n) is 12.6. The van der Waals surface area contributed by atoms with Crippen LogP contribution in [0.5, 0.6) is 5.75 Å². The summed E-state index contributed by atoms with van der Waals surface area (Å²) in [5.74, 6) is 2.09. The van der Waals surface area contributed by atoms with Crippen LogP contribution in [0.4, 0.5) is 0 Å². The Morgan fingerprint density at radius 1 is 1.20 bits per heavy atom. The molecule has 1 aromatic carbocycles. The van der Waals surface area contributed by atoms with Gasteiger partial charge in [-0.1, -0.05) is 17.7 Å². The van der Waals surface area contributed by atoms with E-state index >= 15 is 0 Å². The minimum atomic E-state index is 0.860. The van der Waals surface area contributed by atoms with Gasteiger partial charge in [-0.3, -0.25) is 0 Å². The van der Waals surface area contributed by atoms with Crippen molar-refractivity contribution in [2.75, 3.05) is 7.11 Å². The molecule has 1 heterocycles. The van der Waals surface area contributed by atoms with Gasteiger partial charge < -0.3 is 9.30 Å². The Balaban J connectivity index is 1.99. The maximum atomic E-state index is 5.50. The largest absolute Gasteiger partial charge is 0.496 e. The van der Waals surface area contributed by atoms with Crippen LogP contribution in [-0.4, -0.2) is 16.7 Å². The standard InChI is InChI=1S/C17H22N2O/c1-12-8-9-17(20-3)14(10-12)11-19-13(2)18-15-6-4-5-7-16(15)19/h8-10H,4-7,11H2,1-3H3. The molecular formula is C17H22N2O. The zero-order chi connectivity index (χ0) is 14.1. The molecule has 0 aliphatic heterocycles. The fourth-order valence-corrected chi connectivity index (χ4v) is 3.15. The van der Waals surface area contributed by atoms with E-state index in [-0.39, 0.29) is 0 Å². The van der Waals surface area contributed by atoms with Crippen LogP contribution >= 0.6 is 0 Å². The Hall–Kier alpha value is -1.77. The second-order valence-corrected chi connectivity index (χ2v) is 5.66. The van der Waals surface area contributed by atoms with Crippen molar-refractivity contribution in [3.05, 3.63) is 46.5 Å². The van der Waals surface area contributed by atoms with Gasteiger partial charge in [0.2, 0.25) is 0 Å². The van der Waals surface area contributed by atoms with E-state index in [0.29, 0.717) is 0 Å². The number of ether oxygens (including phenoxy) is 1. The lowest BCUT2D eigenvalue weighted by Gasteiger charge is -2.16.